The zero-order chi connectivity index (χ0) is 24.3. The molecule has 3 aromatic carbocycles. The number of rotatable bonds is 6. The average Bonchev–Trinajstić information content (AvgIpc) is 2.76. The minimum Gasteiger partial charge on any atom is -0.481 e. The van der Waals surface area contributed by atoms with Gasteiger partial charge in [0.15, 0.2) is 0 Å². The molecule has 1 atom stereocenters. The van der Waals surface area contributed by atoms with Gasteiger partial charge in [0.25, 0.3) is 0 Å². The number of halogens is 4. The Kier molecular flexibility index (Phi) is 6.87. The highest BCUT2D eigenvalue weighted by Gasteiger charge is 2.30. The maximum atomic E-state index is 14.1. The summed E-state index contributed by atoms with van der Waals surface area (Å²) in [4.78, 5) is 12.0. The molecule has 0 aromatic heterocycles. The van der Waals surface area contributed by atoms with Crippen molar-refractivity contribution in [2.45, 2.75) is 32.4 Å². The summed E-state index contributed by atoms with van der Waals surface area (Å²) in [5, 5.41) is 19.0. The van der Waals surface area contributed by atoms with Gasteiger partial charge in [-0.25, -0.2) is 4.39 Å². The molecule has 0 bridgehead atoms. The molecule has 1 N–H and O–H groups in total. The molecule has 3 nitrogen and oxygen atoms in total. The van der Waals surface area contributed by atoms with E-state index in [4.69, 9.17) is 0 Å². The quantitative estimate of drug-likeness (QED) is 0.398. The van der Waals surface area contributed by atoms with E-state index in [-0.39, 0.29) is 11.5 Å². The Morgan fingerprint density at radius 3 is 2.03 bits per heavy atom. The smallest absolute Gasteiger partial charge is 0.416 e. The Balaban J connectivity index is 2.21. The first-order valence-corrected chi connectivity index (χ1v) is 10.2. The van der Waals surface area contributed by atoms with Gasteiger partial charge in [-0.05, 0) is 76.6 Å². The summed E-state index contributed by atoms with van der Waals surface area (Å²) in [7, 11) is 0. The van der Waals surface area contributed by atoms with Crippen molar-refractivity contribution in [3.63, 3.8) is 0 Å². The second kappa shape index (κ2) is 9.45. The van der Waals surface area contributed by atoms with E-state index in [1.165, 1.54) is 24.3 Å². The van der Waals surface area contributed by atoms with Crippen molar-refractivity contribution in [3.05, 3.63) is 83.2 Å². The van der Waals surface area contributed by atoms with Crippen molar-refractivity contribution in [2.75, 3.05) is 0 Å². The lowest BCUT2D eigenvalue weighted by molar-refractivity contribution is -0.139. The van der Waals surface area contributed by atoms with Crippen LogP contribution < -0.4 is 0 Å². The van der Waals surface area contributed by atoms with Crippen molar-refractivity contribution < 1.29 is 27.5 Å². The second-order valence-electron chi connectivity index (χ2n) is 8.28. The zero-order valence-corrected chi connectivity index (χ0v) is 17.9. The molecule has 0 fully saturated rings. The van der Waals surface area contributed by atoms with E-state index in [0.717, 1.165) is 18.2 Å². The number of nitriles is 1. The van der Waals surface area contributed by atoms with Gasteiger partial charge in [0.2, 0.25) is 0 Å². The highest BCUT2D eigenvalue weighted by Crippen LogP contribution is 2.36. The predicted molar refractivity (Wildman–Crippen MR) is 117 cm³/mol. The first kappa shape index (κ1) is 24.0. The zero-order valence-electron chi connectivity index (χ0n) is 17.9. The van der Waals surface area contributed by atoms with Crippen LogP contribution in [0.3, 0.4) is 0 Å². The lowest BCUT2D eigenvalue weighted by Crippen LogP contribution is -2.14. The van der Waals surface area contributed by atoms with Crippen LogP contribution in [0.15, 0.2) is 60.7 Å². The van der Waals surface area contributed by atoms with Crippen LogP contribution in [0.1, 0.15) is 42.9 Å². The summed E-state index contributed by atoms with van der Waals surface area (Å²) in [5.41, 5.74) is 1.54. The number of hydrogen-bond donors (Lipinski definition) is 1. The van der Waals surface area contributed by atoms with E-state index in [1.807, 2.05) is 19.9 Å². The first-order chi connectivity index (χ1) is 15.5. The molecule has 3 aromatic rings. The molecule has 7 heteroatoms. The van der Waals surface area contributed by atoms with E-state index < -0.39 is 29.4 Å². The molecule has 0 aliphatic heterocycles. The van der Waals surface area contributed by atoms with Gasteiger partial charge in [-0.15, -0.1) is 0 Å². The van der Waals surface area contributed by atoms with Crippen molar-refractivity contribution >= 4 is 5.97 Å². The predicted octanol–water partition coefficient (Wildman–Crippen LogP) is 7.26. The van der Waals surface area contributed by atoms with Crippen molar-refractivity contribution in [2.24, 2.45) is 5.92 Å². The molecular weight excluding hydrogens is 434 g/mol. The molecule has 33 heavy (non-hydrogen) atoms. The third-order valence-corrected chi connectivity index (χ3v) is 5.27. The van der Waals surface area contributed by atoms with Crippen LogP contribution >= 0.6 is 0 Å². The van der Waals surface area contributed by atoms with Crippen LogP contribution in [0.5, 0.6) is 0 Å². The maximum absolute atomic E-state index is 14.1. The molecule has 3 rings (SSSR count). The summed E-state index contributed by atoms with van der Waals surface area (Å²) < 4.78 is 53.0. The Labute approximate surface area is 188 Å². The molecule has 0 amide bonds. The number of nitrogens with zero attached hydrogens (tertiary/aromatic N) is 1. The Hall–Kier alpha value is -3.66. The van der Waals surface area contributed by atoms with Crippen molar-refractivity contribution in [3.8, 4) is 28.3 Å². The fraction of sp³-hybridized carbons (Fsp3) is 0.231. The summed E-state index contributed by atoms with van der Waals surface area (Å²) in [5.74, 6) is -2.44. The van der Waals surface area contributed by atoms with Crippen LogP contribution in [-0.4, -0.2) is 11.1 Å². The third kappa shape index (κ3) is 5.78. The molecule has 0 radical (unpaired) electrons. The number of carboxylic acids is 1. The summed E-state index contributed by atoms with van der Waals surface area (Å²) in [6.07, 6.45) is -4.13. The number of benzene rings is 3. The molecular formula is C26H21F4NO2. The lowest BCUT2D eigenvalue weighted by Gasteiger charge is -2.18. The van der Waals surface area contributed by atoms with E-state index >= 15 is 0 Å². The third-order valence-electron chi connectivity index (χ3n) is 5.27. The summed E-state index contributed by atoms with van der Waals surface area (Å²) in [6, 6.07) is 15.2. The van der Waals surface area contributed by atoms with Gasteiger partial charge in [0.05, 0.1) is 23.1 Å². The average molecular weight is 455 g/mol. The fourth-order valence-corrected chi connectivity index (χ4v) is 3.71. The van der Waals surface area contributed by atoms with E-state index in [9.17, 15) is 32.7 Å². The van der Waals surface area contributed by atoms with Crippen molar-refractivity contribution in [1.29, 1.82) is 5.26 Å². The van der Waals surface area contributed by atoms with Gasteiger partial charge in [-0.1, -0.05) is 38.1 Å². The van der Waals surface area contributed by atoms with E-state index in [0.29, 0.717) is 34.2 Å². The molecule has 0 heterocycles. The molecule has 0 saturated carbocycles. The minimum atomic E-state index is -4.48. The van der Waals surface area contributed by atoms with Gasteiger partial charge in [-0.2, -0.15) is 18.4 Å². The van der Waals surface area contributed by atoms with Crippen LogP contribution in [0.2, 0.25) is 0 Å². The van der Waals surface area contributed by atoms with Crippen LogP contribution in [-0.2, 0) is 11.0 Å². The molecule has 0 saturated heterocycles. The fourth-order valence-electron chi connectivity index (χ4n) is 3.71. The number of carbonyl (C=O) groups is 1. The van der Waals surface area contributed by atoms with Gasteiger partial charge >= 0.3 is 12.1 Å². The number of aliphatic carboxylic acids is 1. The highest BCUT2D eigenvalue weighted by atomic mass is 19.4. The number of alkyl halides is 3. The SMILES string of the molecule is CC(C)CC(C(=O)O)c1cc(-c2ccc(C(F)(F)F)cc2)cc(-c2cc(F)cc(C#N)c2)c1. The second-order valence-corrected chi connectivity index (χ2v) is 8.28. The standard InChI is InChI=1S/C26H21F4NO2/c1-15(2)7-24(25(32)33)21-11-19(17-3-5-22(6-4-17)26(28,29)30)10-20(12-21)18-8-16(14-31)9-23(27)13-18/h3-6,8-13,15,24H,7H2,1-2H3,(H,32,33). The Morgan fingerprint density at radius 1 is 0.939 bits per heavy atom. The number of carboxylic acid groups (broad SMARTS) is 1. The molecule has 1 unspecified atom stereocenters. The highest BCUT2D eigenvalue weighted by molar-refractivity contribution is 5.81. The Morgan fingerprint density at radius 2 is 1.52 bits per heavy atom. The van der Waals surface area contributed by atoms with Crippen molar-refractivity contribution in [1.82, 2.24) is 0 Å². The monoisotopic (exact) mass is 455 g/mol. The van der Waals surface area contributed by atoms with Gasteiger partial charge in [0, 0.05) is 0 Å². The van der Waals surface area contributed by atoms with Crippen LogP contribution in [0.4, 0.5) is 17.6 Å². The van der Waals surface area contributed by atoms with Gasteiger partial charge in [-0.3, -0.25) is 4.79 Å². The van der Waals surface area contributed by atoms with Gasteiger partial charge in [0.1, 0.15) is 5.82 Å². The molecule has 170 valence electrons. The van der Waals surface area contributed by atoms with Crippen LogP contribution in [0, 0.1) is 23.1 Å². The van der Waals surface area contributed by atoms with Crippen LogP contribution in [0.25, 0.3) is 22.3 Å². The minimum absolute atomic E-state index is 0.0728. The molecule has 0 spiro atoms. The summed E-state index contributed by atoms with van der Waals surface area (Å²) >= 11 is 0. The summed E-state index contributed by atoms with van der Waals surface area (Å²) in [6.45, 7) is 3.78. The molecule has 0 aliphatic carbocycles. The topological polar surface area (TPSA) is 61.1 Å². The largest absolute Gasteiger partial charge is 0.481 e. The first-order valence-electron chi connectivity index (χ1n) is 10.2. The number of hydrogen-bond acceptors (Lipinski definition) is 2. The Bertz CT molecular complexity index is 1210. The normalized spacial score (nSPS) is 12.4. The maximum Gasteiger partial charge on any atom is 0.416 e. The van der Waals surface area contributed by atoms with E-state index in [2.05, 4.69) is 0 Å². The van der Waals surface area contributed by atoms with E-state index in [1.54, 1.807) is 18.2 Å². The molecule has 0 aliphatic rings. The van der Waals surface area contributed by atoms with Gasteiger partial charge < -0.3 is 5.11 Å². The lowest BCUT2D eigenvalue weighted by atomic mass is 9.86.